The van der Waals surface area contributed by atoms with E-state index >= 15 is 0 Å². The molecule has 0 bridgehead atoms. The average molecular weight is 419 g/mol. The van der Waals surface area contributed by atoms with Crippen molar-refractivity contribution in [1.82, 2.24) is 23.6 Å². The van der Waals surface area contributed by atoms with Crippen LogP contribution in [0.3, 0.4) is 0 Å². The topological polar surface area (TPSA) is 88.5 Å². The lowest BCUT2D eigenvalue weighted by molar-refractivity contribution is 0.189. The van der Waals surface area contributed by atoms with Gasteiger partial charge in [-0.05, 0) is 40.2 Å². The zero-order valence-corrected chi connectivity index (χ0v) is 18.8. The smallest absolute Gasteiger partial charge is 0.332 e. The lowest BCUT2D eigenvalue weighted by atomic mass is 10.0. The molecule has 0 aromatic carbocycles. The molecule has 1 unspecified atom stereocenters. The Bertz CT molecular complexity index is 1040. The van der Waals surface area contributed by atoms with E-state index in [4.69, 9.17) is 10.1 Å². The molecule has 0 spiro atoms. The van der Waals surface area contributed by atoms with Gasteiger partial charge in [0.1, 0.15) is 0 Å². The van der Waals surface area contributed by atoms with Gasteiger partial charge in [-0.15, -0.1) is 0 Å². The van der Waals surface area contributed by atoms with Crippen LogP contribution in [0.25, 0.3) is 11.2 Å². The number of rotatable bonds is 7. The summed E-state index contributed by atoms with van der Waals surface area (Å²) < 4.78 is 4.54. The number of allylic oxidation sites excluding steroid dienone is 2. The van der Waals surface area contributed by atoms with Crippen molar-refractivity contribution < 1.29 is 5.11 Å². The third kappa shape index (κ3) is 4.22. The highest BCUT2D eigenvalue weighted by Gasteiger charge is 2.28. The third-order valence-electron chi connectivity index (χ3n) is 5.98. The van der Waals surface area contributed by atoms with Crippen LogP contribution < -0.4 is 16.1 Å². The molecular formula is C21H34N6O3. The minimum atomic E-state index is -0.369. The highest BCUT2D eigenvalue weighted by molar-refractivity contribution is 5.74. The van der Waals surface area contributed by atoms with Crippen LogP contribution in [-0.2, 0) is 20.6 Å². The average Bonchev–Trinajstić information content (AvgIpc) is 3.12. The lowest BCUT2D eigenvalue weighted by Gasteiger charge is -2.38. The Morgan fingerprint density at radius 1 is 1.27 bits per heavy atom. The molecule has 1 atom stereocenters. The number of aromatic nitrogens is 4. The van der Waals surface area contributed by atoms with Crippen LogP contribution in [0.4, 0.5) is 5.95 Å². The number of aryl methyl sites for hydroxylation is 1. The van der Waals surface area contributed by atoms with E-state index in [9.17, 15) is 9.59 Å². The first kappa shape index (κ1) is 22.3. The number of piperidine rings is 1. The molecule has 1 aliphatic rings. The second kappa shape index (κ2) is 9.18. The van der Waals surface area contributed by atoms with Gasteiger partial charge in [0.25, 0.3) is 5.56 Å². The van der Waals surface area contributed by atoms with Gasteiger partial charge in [-0.2, -0.15) is 4.98 Å². The normalized spacial score (nSPS) is 17.2. The van der Waals surface area contributed by atoms with Crippen molar-refractivity contribution in [2.24, 2.45) is 14.1 Å². The molecule has 9 nitrogen and oxygen atoms in total. The molecule has 166 valence electrons. The van der Waals surface area contributed by atoms with E-state index in [1.165, 1.54) is 11.6 Å². The van der Waals surface area contributed by atoms with Gasteiger partial charge >= 0.3 is 5.69 Å². The van der Waals surface area contributed by atoms with Crippen LogP contribution in [0.5, 0.6) is 0 Å². The van der Waals surface area contributed by atoms with E-state index in [-0.39, 0.29) is 17.9 Å². The van der Waals surface area contributed by atoms with E-state index < -0.39 is 0 Å². The summed E-state index contributed by atoms with van der Waals surface area (Å²) in [4.78, 5) is 34.7. The molecule has 2 aromatic rings. The molecule has 0 saturated carbocycles. The molecule has 1 fully saturated rings. The highest BCUT2D eigenvalue weighted by Crippen LogP contribution is 2.25. The first-order chi connectivity index (χ1) is 14.3. The SMILES string of the molecule is CC(C)=CCn1c(N2CCCC(N(C)CCCO)C2)nc2c1c(=O)n(C)c(=O)n2C. The maximum absolute atomic E-state index is 13.0. The van der Waals surface area contributed by atoms with E-state index in [0.29, 0.717) is 23.8 Å². The Morgan fingerprint density at radius 2 is 2.00 bits per heavy atom. The van der Waals surface area contributed by atoms with Gasteiger partial charge in [-0.25, -0.2) is 4.79 Å². The predicted molar refractivity (Wildman–Crippen MR) is 119 cm³/mol. The number of imidazole rings is 1. The second-order valence-corrected chi connectivity index (χ2v) is 8.48. The highest BCUT2D eigenvalue weighted by atomic mass is 16.3. The number of hydrogen-bond donors (Lipinski definition) is 1. The van der Waals surface area contributed by atoms with Gasteiger partial charge in [0, 0.05) is 52.9 Å². The van der Waals surface area contributed by atoms with Crippen molar-refractivity contribution in [3.63, 3.8) is 0 Å². The van der Waals surface area contributed by atoms with Gasteiger partial charge in [0.05, 0.1) is 0 Å². The van der Waals surface area contributed by atoms with Gasteiger partial charge in [0.15, 0.2) is 11.2 Å². The summed E-state index contributed by atoms with van der Waals surface area (Å²) in [7, 11) is 5.26. The zero-order valence-electron chi connectivity index (χ0n) is 18.8. The molecule has 0 aliphatic carbocycles. The Morgan fingerprint density at radius 3 is 2.67 bits per heavy atom. The fourth-order valence-corrected chi connectivity index (χ4v) is 4.12. The summed E-state index contributed by atoms with van der Waals surface area (Å²) in [6, 6.07) is 0.355. The van der Waals surface area contributed by atoms with E-state index in [1.54, 1.807) is 7.05 Å². The van der Waals surface area contributed by atoms with Crippen LogP contribution in [-0.4, -0.2) is 68.0 Å². The number of aliphatic hydroxyl groups excluding tert-OH is 1. The number of fused-ring (bicyclic) bond motifs is 1. The zero-order chi connectivity index (χ0) is 22.0. The van der Waals surface area contributed by atoms with Crippen LogP contribution in [0, 0.1) is 0 Å². The molecular weight excluding hydrogens is 384 g/mol. The molecule has 3 rings (SSSR count). The van der Waals surface area contributed by atoms with Crippen molar-refractivity contribution in [2.45, 2.75) is 45.7 Å². The molecule has 1 aliphatic heterocycles. The number of likely N-dealkylation sites (N-methyl/N-ethyl adjacent to an activating group) is 1. The maximum Gasteiger partial charge on any atom is 0.332 e. The Labute approximate surface area is 176 Å². The van der Waals surface area contributed by atoms with Crippen molar-refractivity contribution in [3.05, 3.63) is 32.5 Å². The monoisotopic (exact) mass is 418 g/mol. The van der Waals surface area contributed by atoms with E-state index in [2.05, 4.69) is 22.9 Å². The fraction of sp³-hybridized carbons (Fsp3) is 0.667. The second-order valence-electron chi connectivity index (χ2n) is 8.48. The van der Waals surface area contributed by atoms with E-state index in [1.807, 2.05) is 18.4 Å². The molecule has 30 heavy (non-hydrogen) atoms. The van der Waals surface area contributed by atoms with Crippen molar-refractivity contribution >= 4 is 17.1 Å². The number of anilines is 1. The largest absolute Gasteiger partial charge is 0.396 e. The molecule has 1 N–H and O–H groups in total. The number of aliphatic hydroxyl groups is 1. The van der Waals surface area contributed by atoms with Crippen LogP contribution >= 0.6 is 0 Å². The summed E-state index contributed by atoms with van der Waals surface area (Å²) in [6.45, 7) is 7.28. The maximum atomic E-state index is 13.0. The number of nitrogens with zero attached hydrogens (tertiary/aromatic N) is 6. The summed E-state index contributed by atoms with van der Waals surface area (Å²) in [5.41, 5.74) is 1.36. The minimum Gasteiger partial charge on any atom is -0.396 e. The number of hydrogen-bond acceptors (Lipinski definition) is 6. The summed E-state index contributed by atoms with van der Waals surface area (Å²) in [5.74, 6) is 0.737. The Balaban J connectivity index is 2.08. The van der Waals surface area contributed by atoms with Crippen LogP contribution in [0.15, 0.2) is 21.2 Å². The predicted octanol–water partition coefficient (Wildman–Crippen LogP) is 0.683. The quantitative estimate of drug-likeness (QED) is 0.666. The van der Waals surface area contributed by atoms with Crippen molar-refractivity contribution in [1.29, 1.82) is 0 Å². The third-order valence-corrected chi connectivity index (χ3v) is 5.98. The molecule has 2 aromatic heterocycles. The van der Waals surface area contributed by atoms with E-state index in [0.717, 1.165) is 55.0 Å². The molecule has 9 heteroatoms. The fourth-order valence-electron chi connectivity index (χ4n) is 4.12. The lowest BCUT2D eigenvalue weighted by Crippen LogP contribution is -2.47. The summed E-state index contributed by atoms with van der Waals surface area (Å²) in [5, 5.41) is 9.15. The van der Waals surface area contributed by atoms with Crippen molar-refractivity contribution in [2.75, 3.05) is 38.2 Å². The standard InChI is InChI=1S/C21H34N6O3/c1-15(2)9-12-27-17-18(24(4)21(30)25(5)19(17)29)22-20(27)26-11-6-8-16(14-26)23(3)10-7-13-28/h9,16,28H,6-8,10-14H2,1-5H3. The molecule has 1 saturated heterocycles. The summed E-state index contributed by atoms with van der Waals surface area (Å²) in [6.07, 6.45) is 4.94. The molecule has 3 heterocycles. The van der Waals surface area contributed by atoms with Gasteiger partial charge in [-0.3, -0.25) is 13.9 Å². The van der Waals surface area contributed by atoms with Crippen LogP contribution in [0.2, 0.25) is 0 Å². The molecule has 0 radical (unpaired) electrons. The van der Waals surface area contributed by atoms with Gasteiger partial charge in [-0.1, -0.05) is 11.6 Å². The minimum absolute atomic E-state index is 0.191. The van der Waals surface area contributed by atoms with Crippen LogP contribution in [0.1, 0.15) is 33.1 Å². The van der Waals surface area contributed by atoms with Crippen molar-refractivity contribution in [3.8, 4) is 0 Å². The first-order valence-corrected chi connectivity index (χ1v) is 10.6. The first-order valence-electron chi connectivity index (χ1n) is 10.6. The Hall–Kier alpha value is -2.39. The summed E-state index contributed by atoms with van der Waals surface area (Å²) >= 11 is 0. The van der Waals surface area contributed by atoms with Gasteiger partial charge < -0.3 is 19.5 Å². The van der Waals surface area contributed by atoms with Gasteiger partial charge in [0.2, 0.25) is 5.95 Å². The Kier molecular flexibility index (Phi) is 6.82. The molecule has 0 amide bonds.